The zero-order valence-corrected chi connectivity index (χ0v) is 19.7. The van der Waals surface area contributed by atoms with Gasteiger partial charge in [-0.05, 0) is 53.6 Å². The molecule has 0 unspecified atom stereocenters. The van der Waals surface area contributed by atoms with Crippen LogP contribution in [0.2, 0.25) is 0 Å². The predicted octanol–water partition coefficient (Wildman–Crippen LogP) is 5.13. The number of halogens is 1. The highest BCUT2D eigenvalue weighted by Crippen LogP contribution is 2.36. The number of fused-ring (bicyclic) bond motifs is 1. The van der Waals surface area contributed by atoms with Gasteiger partial charge in [-0.2, -0.15) is 0 Å². The van der Waals surface area contributed by atoms with Gasteiger partial charge in [-0.3, -0.25) is 4.79 Å². The van der Waals surface area contributed by atoms with Crippen LogP contribution < -0.4 is 19.5 Å². The van der Waals surface area contributed by atoms with E-state index in [1.165, 1.54) is 19.4 Å². The Morgan fingerprint density at radius 1 is 0.973 bits per heavy atom. The third-order valence-corrected chi connectivity index (χ3v) is 5.68. The fraction of sp³-hybridized carbons (Fsp3) is 0.107. The average molecular weight is 500 g/mol. The number of carbonyl (C=O) groups is 2. The molecule has 1 aliphatic rings. The SMILES string of the molecule is COC(=O)c1cccc(-c2ccc(CNC(=O)c3cccnc3Oc3ccc4c(c3)OCO4)c(F)c2)c1. The van der Waals surface area contributed by atoms with Gasteiger partial charge < -0.3 is 24.3 Å². The largest absolute Gasteiger partial charge is 0.465 e. The highest BCUT2D eigenvalue weighted by molar-refractivity contribution is 5.96. The number of hydrogen-bond acceptors (Lipinski definition) is 7. The van der Waals surface area contributed by atoms with E-state index in [1.807, 2.05) is 0 Å². The molecule has 1 aliphatic heterocycles. The lowest BCUT2D eigenvalue weighted by atomic mass is 10.0. The molecule has 5 rings (SSSR count). The van der Waals surface area contributed by atoms with Gasteiger partial charge in [-0.15, -0.1) is 0 Å². The lowest BCUT2D eigenvalue weighted by Crippen LogP contribution is -2.24. The van der Waals surface area contributed by atoms with E-state index >= 15 is 0 Å². The van der Waals surface area contributed by atoms with Gasteiger partial charge in [0.05, 0.1) is 12.7 Å². The number of ether oxygens (including phenoxy) is 4. The van der Waals surface area contributed by atoms with Crippen LogP contribution in [0.1, 0.15) is 26.3 Å². The summed E-state index contributed by atoms with van der Waals surface area (Å²) < 4.78 is 36.1. The van der Waals surface area contributed by atoms with E-state index < -0.39 is 17.7 Å². The quantitative estimate of drug-likeness (QED) is 0.352. The minimum atomic E-state index is -0.496. The van der Waals surface area contributed by atoms with E-state index in [-0.39, 0.29) is 24.8 Å². The zero-order chi connectivity index (χ0) is 25.8. The molecule has 0 atom stereocenters. The van der Waals surface area contributed by atoms with E-state index in [1.54, 1.807) is 66.7 Å². The monoisotopic (exact) mass is 500 g/mol. The number of benzene rings is 3. The summed E-state index contributed by atoms with van der Waals surface area (Å²) in [6.45, 7) is 0.0823. The van der Waals surface area contributed by atoms with Crippen molar-refractivity contribution in [2.45, 2.75) is 6.54 Å². The first kappa shape index (κ1) is 23.8. The molecule has 186 valence electrons. The second kappa shape index (κ2) is 10.4. The number of aromatic nitrogens is 1. The van der Waals surface area contributed by atoms with Crippen LogP contribution in [-0.4, -0.2) is 30.8 Å². The number of nitrogens with zero attached hydrogens (tertiary/aromatic N) is 1. The number of nitrogens with one attached hydrogen (secondary N) is 1. The fourth-order valence-electron chi connectivity index (χ4n) is 3.78. The summed E-state index contributed by atoms with van der Waals surface area (Å²) in [6.07, 6.45) is 1.51. The zero-order valence-electron chi connectivity index (χ0n) is 19.7. The highest BCUT2D eigenvalue weighted by Gasteiger charge is 2.18. The summed E-state index contributed by atoms with van der Waals surface area (Å²) >= 11 is 0. The topological polar surface area (TPSA) is 96.0 Å². The van der Waals surface area contributed by atoms with E-state index in [2.05, 4.69) is 10.3 Å². The van der Waals surface area contributed by atoms with Crippen molar-refractivity contribution in [1.82, 2.24) is 10.3 Å². The first-order valence-electron chi connectivity index (χ1n) is 11.3. The lowest BCUT2D eigenvalue weighted by molar-refractivity contribution is 0.0600. The molecule has 9 heteroatoms. The smallest absolute Gasteiger partial charge is 0.337 e. The van der Waals surface area contributed by atoms with Crippen molar-refractivity contribution in [1.29, 1.82) is 0 Å². The van der Waals surface area contributed by atoms with Crippen LogP contribution >= 0.6 is 0 Å². The van der Waals surface area contributed by atoms with Crippen molar-refractivity contribution in [2.75, 3.05) is 13.9 Å². The third kappa shape index (κ3) is 5.20. The summed E-state index contributed by atoms with van der Waals surface area (Å²) in [5, 5.41) is 2.71. The van der Waals surface area contributed by atoms with Gasteiger partial charge in [-0.1, -0.05) is 24.3 Å². The van der Waals surface area contributed by atoms with Crippen molar-refractivity contribution in [3.63, 3.8) is 0 Å². The van der Waals surface area contributed by atoms with E-state index in [4.69, 9.17) is 18.9 Å². The third-order valence-electron chi connectivity index (χ3n) is 5.68. The van der Waals surface area contributed by atoms with Gasteiger partial charge in [0.1, 0.15) is 17.1 Å². The normalized spacial score (nSPS) is 11.6. The number of esters is 1. The summed E-state index contributed by atoms with van der Waals surface area (Å²) in [4.78, 5) is 28.9. The first-order chi connectivity index (χ1) is 18.0. The minimum absolute atomic E-state index is 0.0501. The Kier molecular flexibility index (Phi) is 6.67. The molecular weight excluding hydrogens is 479 g/mol. The van der Waals surface area contributed by atoms with Crippen LogP contribution in [0.5, 0.6) is 23.1 Å². The molecular formula is C28H21FN2O6. The van der Waals surface area contributed by atoms with Gasteiger partial charge >= 0.3 is 5.97 Å². The molecule has 0 spiro atoms. The van der Waals surface area contributed by atoms with Gasteiger partial charge in [0, 0.05) is 24.4 Å². The van der Waals surface area contributed by atoms with Crippen LogP contribution in [0.4, 0.5) is 4.39 Å². The molecule has 1 N–H and O–H groups in total. The van der Waals surface area contributed by atoms with Crippen molar-refractivity contribution in [3.05, 3.63) is 102 Å². The predicted molar refractivity (Wildman–Crippen MR) is 131 cm³/mol. The maximum absolute atomic E-state index is 14.9. The second-order valence-corrected chi connectivity index (χ2v) is 8.03. The molecule has 37 heavy (non-hydrogen) atoms. The minimum Gasteiger partial charge on any atom is -0.465 e. The molecule has 8 nitrogen and oxygen atoms in total. The summed E-state index contributed by atoms with van der Waals surface area (Å²) in [7, 11) is 1.30. The Bertz CT molecular complexity index is 1490. The van der Waals surface area contributed by atoms with Crippen LogP contribution in [-0.2, 0) is 11.3 Å². The average Bonchev–Trinajstić information content (AvgIpc) is 3.40. The Labute approximate surface area is 211 Å². The van der Waals surface area contributed by atoms with Gasteiger partial charge in [0.25, 0.3) is 5.91 Å². The van der Waals surface area contributed by atoms with E-state index in [0.717, 1.165) is 0 Å². The fourth-order valence-corrected chi connectivity index (χ4v) is 3.78. The molecule has 0 saturated heterocycles. The molecule has 2 heterocycles. The van der Waals surface area contributed by atoms with E-state index in [0.29, 0.717) is 39.5 Å². The molecule has 0 saturated carbocycles. The lowest BCUT2D eigenvalue weighted by Gasteiger charge is -2.12. The molecule has 0 bridgehead atoms. The maximum atomic E-state index is 14.9. The molecule has 4 aromatic rings. The summed E-state index contributed by atoms with van der Waals surface area (Å²) in [6, 6.07) is 19.6. The standard InChI is InChI=1S/C28H21FN2O6/c1-34-28(33)19-5-2-4-17(12-19)18-7-8-20(23(29)13-18)15-31-26(32)22-6-3-11-30-27(22)37-21-9-10-24-25(14-21)36-16-35-24/h2-14H,15-16H2,1H3,(H,31,32). The summed E-state index contributed by atoms with van der Waals surface area (Å²) in [5.41, 5.74) is 2.11. The Balaban J connectivity index is 1.28. The number of rotatable bonds is 7. The van der Waals surface area contributed by atoms with Crippen LogP contribution in [0, 0.1) is 5.82 Å². The molecule has 1 amide bonds. The number of carbonyl (C=O) groups excluding carboxylic acids is 2. The summed E-state index contributed by atoms with van der Waals surface area (Å²) in [5.74, 6) is 0.224. The maximum Gasteiger partial charge on any atom is 0.337 e. The number of pyridine rings is 1. The van der Waals surface area contributed by atoms with Crippen molar-refractivity contribution < 1.29 is 32.9 Å². The van der Waals surface area contributed by atoms with Gasteiger partial charge in [0.2, 0.25) is 12.7 Å². The Morgan fingerprint density at radius 3 is 2.65 bits per heavy atom. The molecule has 3 aromatic carbocycles. The molecule has 1 aromatic heterocycles. The number of methoxy groups -OCH3 is 1. The number of amides is 1. The van der Waals surface area contributed by atoms with Crippen LogP contribution in [0.3, 0.4) is 0 Å². The highest BCUT2D eigenvalue weighted by atomic mass is 19.1. The Hall–Kier alpha value is -4.92. The molecule has 0 fully saturated rings. The second-order valence-electron chi connectivity index (χ2n) is 8.03. The van der Waals surface area contributed by atoms with Gasteiger partial charge in [0.15, 0.2) is 11.5 Å². The van der Waals surface area contributed by atoms with Crippen LogP contribution in [0.15, 0.2) is 79.0 Å². The molecule has 0 aliphatic carbocycles. The van der Waals surface area contributed by atoms with Crippen molar-refractivity contribution in [2.24, 2.45) is 0 Å². The van der Waals surface area contributed by atoms with Crippen LogP contribution in [0.25, 0.3) is 11.1 Å². The first-order valence-corrected chi connectivity index (χ1v) is 11.3. The Morgan fingerprint density at radius 2 is 1.81 bits per heavy atom. The van der Waals surface area contributed by atoms with Crippen molar-refractivity contribution in [3.8, 4) is 34.3 Å². The van der Waals surface area contributed by atoms with Crippen molar-refractivity contribution >= 4 is 11.9 Å². The van der Waals surface area contributed by atoms with E-state index in [9.17, 15) is 14.0 Å². The number of hydrogen-bond donors (Lipinski definition) is 1. The molecule has 0 radical (unpaired) electrons. The van der Waals surface area contributed by atoms with Gasteiger partial charge in [-0.25, -0.2) is 14.2 Å².